The van der Waals surface area contributed by atoms with Crippen LogP contribution in [0.2, 0.25) is 0 Å². The number of nitrogens with one attached hydrogen (secondary N) is 1. The minimum atomic E-state index is 0.462. The zero-order valence-electron chi connectivity index (χ0n) is 11.3. The molecule has 3 heteroatoms. The maximum absolute atomic E-state index is 4.23. The molecular weight excluding hydrogens is 252 g/mol. The molecule has 2 unspecified atom stereocenters. The van der Waals surface area contributed by atoms with E-state index in [0.717, 1.165) is 6.54 Å². The minimum Gasteiger partial charge on any atom is -0.309 e. The number of aromatic nitrogens is 1. The summed E-state index contributed by atoms with van der Waals surface area (Å²) in [5.74, 6) is 1.30. The van der Waals surface area contributed by atoms with E-state index >= 15 is 0 Å². The van der Waals surface area contributed by atoms with Crippen LogP contribution in [-0.2, 0) is 0 Å². The lowest BCUT2D eigenvalue weighted by molar-refractivity contribution is 0.522. The lowest BCUT2D eigenvalue weighted by atomic mass is 9.96. The number of nitrogens with zero attached hydrogens (tertiary/aromatic N) is 1. The summed E-state index contributed by atoms with van der Waals surface area (Å²) < 4.78 is 0. The van der Waals surface area contributed by atoms with Crippen LogP contribution in [0.4, 0.5) is 0 Å². The molecule has 2 nitrogen and oxygen atoms in total. The summed E-state index contributed by atoms with van der Waals surface area (Å²) in [7, 11) is 0. The third-order valence-corrected chi connectivity index (χ3v) is 5.27. The normalized spacial score (nSPS) is 20.8. The van der Waals surface area contributed by atoms with Gasteiger partial charge in [0.2, 0.25) is 0 Å². The molecule has 1 fully saturated rings. The van der Waals surface area contributed by atoms with Gasteiger partial charge in [-0.1, -0.05) is 25.1 Å². The Hall–Kier alpha value is -1.06. The highest BCUT2D eigenvalue weighted by molar-refractivity contribution is 8.00. The number of rotatable bonds is 4. The fourth-order valence-corrected chi connectivity index (χ4v) is 4.35. The molecular formula is C16H20N2S. The summed E-state index contributed by atoms with van der Waals surface area (Å²) in [6, 6.07) is 9.19. The van der Waals surface area contributed by atoms with Gasteiger partial charge in [-0.2, -0.15) is 11.8 Å². The molecule has 1 aliphatic rings. The molecule has 0 amide bonds. The Bertz CT molecular complexity index is 544. The minimum absolute atomic E-state index is 0.462. The topological polar surface area (TPSA) is 24.9 Å². The molecule has 1 aliphatic heterocycles. The van der Waals surface area contributed by atoms with Crippen molar-refractivity contribution in [3.05, 3.63) is 42.2 Å². The highest BCUT2D eigenvalue weighted by Crippen LogP contribution is 2.38. The van der Waals surface area contributed by atoms with E-state index in [0.29, 0.717) is 11.3 Å². The fourth-order valence-electron chi connectivity index (χ4n) is 2.95. The van der Waals surface area contributed by atoms with Gasteiger partial charge < -0.3 is 5.32 Å². The lowest BCUT2D eigenvalue weighted by Gasteiger charge is -2.25. The quantitative estimate of drug-likeness (QED) is 0.917. The highest BCUT2D eigenvalue weighted by Gasteiger charge is 2.27. The van der Waals surface area contributed by atoms with Crippen LogP contribution in [0, 0.1) is 0 Å². The van der Waals surface area contributed by atoms with Crippen molar-refractivity contribution < 1.29 is 0 Å². The van der Waals surface area contributed by atoms with E-state index in [9.17, 15) is 0 Å². The average Bonchev–Trinajstić information content (AvgIpc) is 2.98. The van der Waals surface area contributed by atoms with Gasteiger partial charge in [-0.05, 0) is 42.2 Å². The van der Waals surface area contributed by atoms with Crippen LogP contribution in [0.5, 0.6) is 0 Å². The van der Waals surface area contributed by atoms with Crippen molar-refractivity contribution in [2.45, 2.75) is 31.1 Å². The van der Waals surface area contributed by atoms with Gasteiger partial charge in [0.05, 0.1) is 0 Å². The molecule has 0 radical (unpaired) electrons. The van der Waals surface area contributed by atoms with Crippen molar-refractivity contribution in [2.24, 2.45) is 0 Å². The second-order valence-electron chi connectivity index (χ2n) is 5.03. The largest absolute Gasteiger partial charge is 0.309 e. The zero-order chi connectivity index (χ0) is 13.1. The molecule has 1 N–H and O–H groups in total. The highest BCUT2D eigenvalue weighted by atomic mass is 32.2. The molecule has 2 atom stereocenters. The van der Waals surface area contributed by atoms with Crippen molar-refractivity contribution in [1.82, 2.24) is 10.3 Å². The molecule has 1 aromatic heterocycles. The molecule has 1 aromatic carbocycles. The van der Waals surface area contributed by atoms with Gasteiger partial charge in [0, 0.05) is 29.1 Å². The Morgan fingerprint density at radius 3 is 3.16 bits per heavy atom. The standard InChI is InChI=1S/C16H20N2S/c1-2-18-16(15-7-4-10-19-15)14-6-3-5-12-11-17-9-8-13(12)14/h3,5-6,8-9,11,15-16,18H,2,4,7,10H2,1H3. The first-order valence-electron chi connectivity index (χ1n) is 7.08. The van der Waals surface area contributed by atoms with Crippen LogP contribution in [0.25, 0.3) is 10.8 Å². The van der Waals surface area contributed by atoms with E-state index in [1.54, 1.807) is 0 Å². The molecule has 3 rings (SSSR count). The monoisotopic (exact) mass is 272 g/mol. The summed E-state index contributed by atoms with van der Waals surface area (Å²) in [6.45, 7) is 3.21. The first-order valence-corrected chi connectivity index (χ1v) is 8.12. The maximum Gasteiger partial charge on any atom is 0.0446 e. The zero-order valence-corrected chi connectivity index (χ0v) is 12.1. The molecule has 2 heterocycles. The summed E-state index contributed by atoms with van der Waals surface area (Å²) in [4.78, 5) is 4.23. The van der Waals surface area contributed by atoms with Crippen LogP contribution in [0.3, 0.4) is 0 Å². The van der Waals surface area contributed by atoms with Gasteiger partial charge in [0.1, 0.15) is 0 Å². The molecule has 19 heavy (non-hydrogen) atoms. The van der Waals surface area contributed by atoms with Crippen molar-refractivity contribution in [1.29, 1.82) is 0 Å². The molecule has 100 valence electrons. The van der Waals surface area contributed by atoms with Gasteiger partial charge in [0.25, 0.3) is 0 Å². The van der Waals surface area contributed by atoms with Gasteiger partial charge in [-0.3, -0.25) is 4.98 Å². The predicted octanol–water partition coefficient (Wildman–Crippen LogP) is 3.78. The van der Waals surface area contributed by atoms with Crippen molar-refractivity contribution in [3.63, 3.8) is 0 Å². The molecule has 0 bridgehead atoms. The Labute approximate surface area is 119 Å². The van der Waals surface area contributed by atoms with Crippen molar-refractivity contribution in [3.8, 4) is 0 Å². The third-order valence-electron chi connectivity index (χ3n) is 3.81. The molecule has 0 spiro atoms. The molecule has 0 saturated carbocycles. The van der Waals surface area contributed by atoms with Crippen LogP contribution in [-0.4, -0.2) is 22.5 Å². The fraction of sp³-hybridized carbons (Fsp3) is 0.438. The van der Waals surface area contributed by atoms with Crippen LogP contribution >= 0.6 is 11.8 Å². The molecule has 0 aliphatic carbocycles. The summed E-state index contributed by atoms with van der Waals surface area (Å²) in [6.07, 6.45) is 6.54. The molecule has 2 aromatic rings. The van der Waals surface area contributed by atoms with E-state index in [4.69, 9.17) is 0 Å². The van der Waals surface area contributed by atoms with Crippen molar-refractivity contribution >= 4 is 22.5 Å². The van der Waals surface area contributed by atoms with Crippen LogP contribution in [0.15, 0.2) is 36.7 Å². The number of benzene rings is 1. The van der Waals surface area contributed by atoms with Gasteiger partial charge in [-0.25, -0.2) is 0 Å². The number of thioether (sulfide) groups is 1. The molecule has 1 saturated heterocycles. The summed E-state index contributed by atoms with van der Waals surface area (Å²) in [5, 5.41) is 6.98. The van der Waals surface area contributed by atoms with E-state index in [1.165, 1.54) is 34.9 Å². The Morgan fingerprint density at radius 1 is 1.42 bits per heavy atom. The van der Waals surface area contributed by atoms with Crippen LogP contribution in [0.1, 0.15) is 31.4 Å². The number of hydrogen-bond acceptors (Lipinski definition) is 3. The van der Waals surface area contributed by atoms with Crippen molar-refractivity contribution in [2.75, 3.05) is 12.3 Å². The second kappa shape index (κ2) is 5.93. The first kappa shape index (κ1) is 12.9. The van der Waals surface area contributed by atoms with Gasteiger partial charge in [-0.15, -0.1) is 0 Å². The predicted molar refractivity (Wildman–Crippen MR) is 83.6 cm³/mol. The van der Waals surface area contributed by atoms with E-state index < -0.39 is 0 Å². The van der Waals surface area contributed by atoms with E-state index in [-0.39, 0.29) is 0 Å². The smallest absolute Gasteiger partial charge is 0.0446 e. The summed E-state index contributed by atoms with van der Waals surface area (Å²) >= 11 is 2.12. The van der Waals surface area contributed by atoms with Crippen LogP contribution < -0.4 is 5.32 Å². The van der Waals surface area contributed by atoms with E-state index in [1.807, 2.05) is 12.4 Å². The Morgan fingerprint density at radius 2 is 2.37 bits per heavy atom. The summed E-state index contributed by atoms with van der Waals surface area (Å²) in [5.41, 5.74) is 1.43. The van der Waals surface area contributed by atoms with Gasteiger partial charge >= 0.3 is 0 Å². The number of pyridine rings is 1. The lowest BCUT2D eigenvalue weighted by Crippen LogP contribution is -2.29. The number of fused-ring (bicyclic) bond motifs is 1. The van der Waals surface area contributed by atoms with E-state index in [2.05, 4.69) is 53.3 Å². The first-order chi connectivity index (χ1) is 9.40. The Kier molecular flexibility index (Phi) is 4.04. The second-order valence-corrected chi connectivity index (χ2v) is 6.38. The Balaban J connectivity index is 2.03. The third kappa shape index (κ3) is 2.63. The SMILES string of the molecule is CCNC(c1cccc2cnccc12)C1CCCS1. The average molecular weight is 272 g/mol. The maximum atomic E-state index is 4.23. The number of hydrogen-bond donors (Lipinski definition) is 1. The van der Waals surface area contributed by atoms with Gasteiger partial charge in [0.15, 0.2) is 0 Å².